The molecule has 0 aromatic heterocycles. The van der Waals surface area contributed by atoms with E-state index in [-0.39, 0.29) is 5.91 Å². The van der Waals surface area contributed by atoms with Gasteiger partial charge in [-0.3, -0.25) is 14.4 Å². The fourth-order valence-corrected chi connectivity index (χ4v) is 2.31. The smallest absolute Gasteiger partial charge is 0.313 e. The van der Waals surface area contributed by atoms with Gasteiger partial charge in [0.25, 0.3) is 0 Å². The molecule has 1 aliphatic rings. The molecule has 1 aliphatic heterocycles. The van der Waals surface area contributed by atoms with E-state index < -0.39 is 11.8 Å². The number of nitrogens with zero attached hydrogens (tertiary/aromatic N) is 1. The minimum Gasteiger partial charge on any atom is -0.348 e. The third kappa shape index (κ3) is 3.39. The molecular formula is C15H19N3O3. The summed E-state index contributed by atoms with van der Waals surface area (Å²) in [4.78, 5) is 36.6. The predicted molar refractivity (Wildman–Crippen MR) is 80.1 cm³/mol. The van der Waals surface area contributed by atoms with E-state index in [1.807, 2.05) is 13.0 Å². The average molecular weight is 289 g/mol. The molecule has 1 saturated heterocycles. The molecule has 1 aromatic rings. The molecule has 3 amide bonds. The topological polar surface area (TPSA) is 78.5 Å². The zero-order valence-electron chi connectivity index (χ0n) is 12.2. The van der Waals surface area contributed by atoms with Crippen LogP contribution in [0.15, 0.2) is 18.2 Å². The number of carbonyl (C=O) groups is 3. The predicted octanol–water partition coefficient (Wildman–Crippen LogP) is 1.20. The second-order valence-corrected chi connectivity index (χ2v) is 4.96. The SMILES string of the molecule is CCNC(=O)C(=O)Nc1ccc(C)c(N2CCCC2=O)c1. The minimum absolute atomic E-state index is 0.0882. The van der Waals surface area contributed by atoms with Gasteiger partial charge in [0.2, 0.25) is 5.91 Å². The molecule has 6 nitrogen and oxygen atoms in total. The third-order valence-corrected chi connectivity index (χ3v) is 3.37. The molecule has 2 N–H and O–H groups in total. The Hall–Kier alpha value is -2.37. The van der Waals surface area contributed by atoms with Crippen LogP contribution in [0, 0.1) is 6.92 Å². The number of amides is 3. The van der Waals surface area contributed by atoms with Crippen molar-refractivity contribution in [1.29, 1.82) is 0 Å². The third-order valence-electron chi connectivity index (χ3n) is 3.37. The van der Waals surface area contributed by atoms with Crippen LogP contribution in [0.25, 0.3) is 0 Å². The summed E-state index contributed by atoms with van der Waals surface area (Å²) in [6, 6.07) is 5.28. The van der Waals surface area contributed by atoms with Gasteiger partial charge in [0, 0.05) is 30.9 Å². The fourth-order valence-electron chi connectivity index (χ4n) is 2.31. The summed E-state index contributed by atoms with van der Waals surface area (Å²) in [7, 11) is 0. The number of hydrogen-bond donors (Lipinski definition) is 2. The molecule has 0 saturated carbocycles. The first kappa shape index (κ1) is 15.0. The molecule has 0 unspecified atom stereocenters. The maximum atomic E-state index is 11.8. The molecule has 112 valence electrons. The van der Waals surface area contributed by atoms with Gasteiger partial charge in [-0.1, -0.05) is 6.07 Å². The zero-order chi connectivity index (χ0) is 15.4. The second-order valence-electron chi connectivity index (χ2n) is 4.96. The van der Waals surface area contributed by atoms with Crippen LogP contribution in [-0.4, -0.2) is 30.8 Å². The minimum atomic E-state index is -0.709. The summed E-state index contributed by atoms with van der Waals surface area (Å²) < 4.78 is 0. The van der Waals surface area contributed by atoms with Crippen LogP contribution >= 0.6 is 0 Å². The van der Waals surface area contributed by atoms with E-state index in [0.29, 0.717) is 25.2 Å². The quantitative estimate of drug-likeness (QED) is 0.821. The Morgan fingerprint density at radius 2 is 2.05 bits per heavy atom. The van der Waals surface area contributed by atoms with Crippen molar-refractivity contribution < 1.29 is 14.4 Å². The Kier molecular flexibility index (Phi) is 4.57. The van der Waals surface area contributed by atoms with Gasteiger partial charge in [-0.05, 0) is 38.0 Å². The summed E-state index contributed by atoms with van der Waals surface area (Å²) in [5.74, 6) is -1.29. The maximum Gasteiger partial charge on any atom is 0.313 e. The maximum absolute atomic E-state index is 11.8. The lowest BCUT2D eigenvalue weighted by Gasteiger charge is -2.19. The average Bonchev–Trinajstić information content (AvgIpc) is 2.87. The molecular weight excluding hydrogens is 270 g/mol. The Morgan fingerprint density at radius 3 is 2.67 bits per heavy atom. The Labute approximate surface area is 123 Å². The number of aryl methyl sites for hydroxylation is 1. The van der Waals surface area contributed by atoms with Crippen molar-refractivity contribution in [2.24, 2.45) is 0 Å². The summed E-state index contributed by atoms with van der Waals surface area (Å²) in [5.41, 5.74) is 2.25. The first-order valence-corrected chi connectivity index (χ1v) is 7.03. The van der Waals surface area contributed by atoms with Crippen molar-refractivity contribution >= 4 is 29.1 Å². The molecule has 0 aliphatic carbocycles. The van der Waals surface area contributed by atoms with E-state index in [9.17, 15) is 14.4 Å². The molecule has 1 aromatic carbocycles. The number of anilines is 2. The van der Waals surface area contributed by atoms with Gasteiger partial charge in [0.15, 0.2) is 0 Å². The first-order valence-electron chi connectivity index (χ1n) is 7.03. The van der Waals surface area contributed by atoms with Crippen LogP contribution in [0.5, 0.6) is 0 Å². The van der Waals surface area contributed by atoms with E-state index in [1.54, 1.807) is 24.0 Å². The number of likely N-dealkylation sites (N-methyl/N-ethyl adjacent to an activating group) is 1. The van der Waals surface area contributed by atoms with E-state index in [4.69, 9.17) is 0 Å². The van der Waals surface area contributed by atoms with Crippen molar-refractivity contribution in [3.63, 3.8) is 0 Å². The van der Waals surface area contributed by atoms with Crippen LogP contribution in [0.3, 0.4) is 0 Å². The van der Waals surface area contributed by atoms with Crippen molar-refractivity contribution in [3.8, 4) is 0 Å². The number of hydrogen-bond acceptors (Lipinski definition) is 3. The van der Waals surface area contributed by atoms with Gasteiger partial charge >= 0.3 is 11.8 Å². The summed E-state index contributed by atoms with van der Waals surface area (Å²) in [6.07, 6.45) is 1.39. The monoisotopic (exact) mass is 289 g/mol. The lowest BCUT2D eigenvalue weighted by atomic mass is 10.1. The number of nitrogens with one attached hydrogen (secondary N) is 2. The van der Waals surface area contributed by atoms with E-state index in [1.165, 1.54) is 0 Å². The van der Waals surface area contributed by atoms with Crippen LogP contribution in [0.4, 0.5) is 11.4 Å². The number of benzene rings is 1. The summed E-state index contributed by atoms with van der Waals surface area (Å²) in [6.45, 7) is 4.74. The van der Waals surface area contributed by atoms with Crippen LogP contribution in [0.2, 0.25) is 0 Å². The first-order chi connectivity index (χ1) is 10.0. The van der Waals surface area contributed by atoms with Gasteiger partial charge in [0.1, 0.15) is 0 Å². The number of carbonyl (C=O) groups excluding carboxylic acids is 3. The summed E-state index contributed by atoms with van der Waals surface area (Å²) >= 11 is 0. The lowest BCUT2D eigenvalue weighted by Crippen LogP contribution is -2.35. The Bertz CT molecular complexity index is 584. The normalized spacial score (nSPS) is 14.2. The molecule has 0 atom stereocenters. The highest BCUT2D eigenvalue weighted by molar-refractivity contribution is 6.39. The standard InChI is InChI=1S/C15H19N3O3/c1-3-16-14(20)15(21)17-11-7-6-10(2)12(9-11)18-8-4-5-13(18)19/h6-7,9H,3-5,8H2,1-2H3,(H,16,20)(H,17,21). The van der Waals surface area contributed by atoms with Crippen molar-refractivity contribution in [1.82, 2.24) is 5.32 Å². The zero-order valence-corrected chi connectivity index (χ0v) is 12.2. The van der Waals surface area contributed by atoms with E-state index in [2.05, 4.69) is 10.6 Å². The lowest BCUT2D eigenvalue weighted by molar-refractivity contribution is -0.136. The van der Waals surface area contributed by atoms with Gasteiger partial charge in [0.05, 0.1) is 0 Å². The second kappa shape index (κ2) is 6.39. The molecule has 1 fully saturated rings. The van der Waals surface area contributed by atoms with Gasteiger partial charge in [-0.15, -0.1) is 0 Å². The Balaban J connectivity index is 2.17. The van der Waals surface area contributed by atoms with E-state index >= 15 is 0 Å². The van der Waals surface area contributed by atoms with E-state index in [0.717, 1.165) is 17.7 Å². The highest BCUT2D eigenvalue weighted by Gasteiger charge is 2.23. The Morgan fingerprint density at radius 1 is 1.29 bits per heavy atom. The van der Waals surface area contributed by atoms with Crippen LogP contribution < -0.4 is 15.5 Å². The molecule has 2 rings (SSSR count). The van der Waals surface area contributed by atoms with Crippen LogP contribution in [0.1, 0.15) is 25.3 Å². The molecule has 0 bridgehead atoms. The van der Waals surface area contributed by atoms with Gasteiger partial charge < -0.3 is 15.5 Å². The highest BCUT2D eigenvalue weighted by Crippen LogP contribution is 2.28. The summed E-state index contributed by atoms with van der Waals surface area (Å²) in [5, 5.41) is 4.98. The highest BCUT2D eigenvalue weighted by atomic mass is 16.2. The van der Waals surface area contributed by atoms with Crippen molar-refractivity contribution in [3.05, 3.63) is 23.8 Å². The molecule has 21 heavy (non-hydrogen) atoms. The fraction of sp³-hybridized carbons (Fsp3) is 0.400. The van der Waals surface area contributed by atoms with Gasteiger partial charge in [-0.25, -0.2) is 0 Å². The molecule has 1 heterocycles. The van der Waals surface area contributed by atoms with Gasteiger partial charge in [-0.2, -0.15) is 0 Å². The van der Waals surface area contributed by atoms with Crippen molar-refractivity contribution in [2.75, 3.05) is 23.3 Å². The molecule has 0 radical (unpaired) electrons. The largest absolute Gasteiger partial charge is 0.348 e. The molecule has 6 heteroatoms. The van der Waals surface area contributed by atoms with Crippen LogP contribution in [-0.2, 0) is 14.4 Å². The number of rotatable bonds is 3. The molecule has 0 spiro atoms. The van der Waals surface area contributed by atoms with Crippen molar-refractivity contribution in [2.45, 2.75) is 26.7 Å².